The van der Waals surface area contributed by atoms with Crippen LogP contribution in [-0.4, -0.2) is 18.9 Å². The van der Waals surface area contributed by atoms with Crippen LogP contribution >= 0.6 is 15.9 Å². The van der Waals surface area contributed by atoms with Crippen LogP contribution in [0.3, 0.4) is 0 Å². The maximum absolute atomic E-state index is 12.0. The molecule has 3 aromatic carbocycles. The van der Waals surface area contributed by atoms with Crippen molar-refractivity contribution in [3.8, 4) is 5.75 Å². The lowest BCUT2D eigenvalue weighted by atomic mass is 10.0. The molecule has 0 saturated carbocycles. The Bertz CT molecular complexity index is 1000. The van der Waals surface area contributed by atoms with Gasteiger partial charge in [-0.3, -0.25) is 0 Å². The third-order valence-electron chi connectivity index (χ3n) is 4.00. The van der Waals surface area contributed by atoms with Gasteiger partial charge in [-0.1, -0.05) is 40.2 Å². The van der Waals surface area contributed by atoms with Crippen LogP contribution < -0.4 is 15.5 Å². The highest BCUT2D eigenvalue weighted by molar-refractivity contribution is 9.10. The summed E-state index contributed by atoms with van der Waals surface area (Å²) in [4.78, 5) is 12.0. The molecular formula is C21H20BrN3O2. The molecule has 0 spiro atoms. The number of nitrogens with one attached hydrogen (secondary N) is 2. The molecule has 3 aromatic rings. The highest BCUT2D eigenvalue weighted by Crippen LogP contribution is 2.27. The zero-order valence-electron chi connectivity index (χ0n) is 15.1. The molecule has 6 heteroatoms. The van der Waals surface area contributed by atoms with Crippen LogP contribution in [-0.2, 0) is 0 Å². The number of amides is 2. The number of fused-ring (bicyclic) bond motifs is 1. The molecule has 138 valence electrons. The number of rotatable bonds is 5. The van der Waals surface area contributed by atoms with Gasteiger partial charge >= 0.3 is 6.03 Å². The molecule has 2 N–H and O–H groups in total. The van der Waals surface area contributed by atoms with Crippen LogP contribution in [0, 0.1) is 6.92 Å². The molecule has 0 atom stereocenters. The lowest BCUT2D eigenvalue weighted by molar-refractivity contribution is 0.252. The molecule has 5 nitrogen and oxygen atoms in total. The average Bonchev–Trinajstić information content (AvgIpc) is 2.66. The van der Waals surface area contributed by atoms with Crippen molar-refractivity contribution in [3.63, 3.8) is 0 Å². The van der Waals surface area contributed by atoms with Crippen LogP contribution in [0.1, 0.15) is 18.1 Å². The first kappa shape index (κ1) is 18.9. The number of anilines is 1. The first-order valence-corrected chi connectivity index (χ1v) is 9.38. The smallest absolute Gasteiger partial charge is 0.339 e. The largest absolute Gasteiger partial charge is 0.493 e. The Kier molecular flexibility index (Phi) is 6.08. The van der Waals surface area contributed by atoms with Gasteiger partial charge in [-0.25, -0.2) is 10.2 Å². The van der Waals surface area contributed by atoms with Gasteiger partial charge in [-0.2, -0.15) is 5.10 Å². The van der Waals surface area contributed by atoms with Gasteiger partial charge in [-0.05, 0) is 55.1 Å². The minimum Gasteiger partial charge on any atom is -0.493 e. The zero-order chi connectivity index (χ0) is 19.2. The summed E-state index contributed by atoms with van der Waals surface area (Å²) in [6.45, 7) is 4.52. The summed E-state index contributed by atoms with van der Waals surface area (Å²) in [6.07, 6.45) is 1.63. The van der Waals surface area contributed by atoms with E-state index >= 15 is 0 Å². The predicted octanol–water partition coefficient (Wildman–Crippen LogP) is 5.47. The molecule has 0 radical (unpaired) electrons. The first-order valence-electron chi connectivity index (χ1n) is 8.59. The van der Waals surface area contributed by atoms with E-state index < -0.39 is 6.03 Å². The van der Waals surface area contributed by atoms with Crippen molar-refractivity contribution < 1.29 is 9.53 Å². The Labute approximate surface area is 166 Å². The summed E-state index contributed by atoms with van der Waals surface area (Å²) in [5, 5.41) is 8.85. The van der Waals surface area contributed by atoms with E-state index in [9.17, 15) is 4.79 Å². The van der Waals surface area contributed by atoms with Crippen molar-refractivity contribution in [1.29, 1.82) is 0 Å². The molecule has 0 heterocycles. The molecule has 0 bridgehead atoms. The monoisotopic (exact) mass is 425 g/mol. The highest BCUT2D eigenvalue weighted by Gasteiger charge is 2.06. The third kappa shape index (κ3) is 4.65. The standard InChI is InChI=1S/C21H20BrN3O2/c1-3-27-20-11-8-15(17-6-4-5-7-18(17)20)13-23-25-21(26)24-16-9-10-19(22)14(2)12-16/h4-13H,3H2,1-2H3,(H2,24,25,26)/b23-13+. The van der Waals surface area contributed by atoms with Gasteiger partial charge in [0.1, 0.15) is 5.75 Å². The number of hydrazone groups is 1. The number of hydrogen-bond acceptors (Lipinski definition) is 3. The molecule has 2 amide bonds. The Morgan fingerprint density at radius 1 is 1.15 bits per heavy atom. The van der Waals surface area contributed by atoms with Gasteiger partial charge in [0, 0.05) is 21.1 Å². The van der Waals surface area contributed by atoms with Gasteiger partial charge < -0.3 is 10.1 Å². The number of halogens is 1. The van der Waals surface area contributed by atoms with E-state index in [4.69, 9.17) is 4.74 Å². The van der Waals surface area contributed by atoms with Crippen LogP contribution in [0.2, 0.25) is 0 Å². The third-order valence-corrected chi connectivity index (χ3v) is 4.89. The number of carbonyl (C=O) groups excluding carboxylic acids is 1. The van der Waals surface area contributed by atoms with E-state index in [2.05, 4.69) is 31.8 Å². The van der Waals surface area contributed by atoms with Crippen molar-refractivity contribution in [2.24, 2.45) is 5.10 Å². The molecule has 0 aliphatic carbocycles. The van der Waals surface area contributed by atoms with Crippen LogP contribution in [0.5, 0.6) is 5.75 Å². The molecule has 0 saturated heterocycles. The minimum absolute atomic E-state index is 0.400. The first-order chi connectivity index (χ1) is 13.1. The van der Waals surface area contributed by atoms with Crippen LogP contribution in [0.4, 0.5) is 10.5 Å². The lowest BCUT2D eigenvalue weighted by Gasteiger charge is -2.09. The van der Waals surface area contributed by atoms with Gasteiger partial charge in [-0.15, -0.1) is 0 Å². The second kappa shape index (κ2) is 8.68. The van der Waals surface area contributed by atoms with Gasteiger partial charge in [0.05, 0.1) is 12.8 Å². The van der Waals surface area contributed by atoms with Crippen molar-refractivity contribution in [2.45, 2.75) is 13.8 Å². The fraction of sp³-hybridized carbons (Fsp3) is 0.143. The number of ether oxygens (including phenoxy) is 1. The summed E-state index contributed by atoms with van der Waals surface area (Å²) in [7, 11) is 0. The molecule has 0 aliphatic rings. The van der Waals surface area contributed by atoms with Gasteiger partial charge in [0.25, 0.3) is 0 Å². The Morgan fingerprint density at radius 3 is 2.67 bits per heavy atom. The van der Waals surface area contributed by atoms with E-state index in [1.165, 1.54) is 0 Å². The normalized spacial score (nSPS) is 10.9. The molecule has 0 fully saturated rings. The number of hydrogen-bond donors (Lipinski definition) is 2. The van der Waals surface area contributed by atoms with E-state index in [1.807, 2.05) is 68.4 Å². The van der Waals surface area contributed by atoms with Gasteiger partial charge in [0.15, 0.2) is 0 Å². The van der Waals surface area contributed by atoms with Crippen LogP contribution in [0.15, 0.2) is 64.2 Å². The van der Waals surface area contributed by atoms with Gasteiger partial charge in [0.2, 0.25) is 0 Å². The number of aryl methyl sites for hydroxylation is 1. The van der Waals surface area contributed by atoms with Crippen molar-refractivity contribution in [2.75, 3.05) is 11.9 Å². The maximum atomic E-state index is 12.0. The highest BCUT2D eigenvalue weighted by atomic mass is 79.9. The van der Waals surface area contributed by atoms with E-state index in [0.29, 0.717) is 12.3 Å². The number of carbonyl (C=O) groups is 1. The molecule has 3 rings (SSSR count). The number of urea groups is 1. The molecular weight excluding hydrogens is 406 g/mol. The lowest BCUT2D eigenvalue weighted by Crippen LogP contribution is -2.24. The fourth-order valence-electron chi connectivity index (χ4n) is 2.73. The molecule has 0 aliphatic heterocycles. The quantitative estimate of drug-likeness (QED) is 0.420. The Hall–Kier alpha value is -2.86. The van der Waals surface area contributed by atoms with E-state index in [1.54, 1.807) is 6.21 Å². The number of nitrogens with zero attached hydrogens (tertiary/aromatic N) is 1. The van der Waals surface area contributed by atoms with E-state index in [0.717, 1.165) is 32.1 Å². The van der Waals surface area contributed by atoms with Crippen molar-refractivity contribution in [3.05, 3.63) is 70.2 Å². The number of benzene rings is 3. The minimum atomic E-state index is -0.400. The fourth-order valence-corrected chi connectivity index (χ4v) is 2.98. The summed E-state index contributed by atoms with van der Waals surface area (Å²) >= 11 is 3.44. The Balaban J connectivity index is 1.71. The van der Waals surface area contributed by atoms with Crippen molar-refractivity contribution in [1.82, 2.24) is 5.43 Å². The summed E-state index contributed by atoms with van der Waals surface area (Å²) in [5.41, 5.74) is 5.13. The summed E-state index contributed by atoms with van der Waals surface area (Å²) < 4.78 is 6.67. The topological polar surface area (TPSA) is 62.7 Å². The Morgan fingerprint density at radius 2 is 1.93 bits per heavy atom. The molecule has 0 aromatic heterocycles. The summed E-state index contributed by atoms with van der Waals surface area (Å²) in [6, 6.07) is 17.0. The summed E-state index contributed by atoms with van der Waals surface area (Å²) in [5.74, 6) is 0.835. The second-order valence-electron chi connectivity index (χ2n) is 5.92. The molecule has 0 unspecified atom stereocenters. The maximum Gasteiger partial charge on any atom is 0.339 e. The average molecular weight is 426 g/mol. The van der Waals surface area contributed by atoms with E-state index in [-0.39, 0.29) is 0 Å². The van der Waals surface area contributed by atoms with Crippen LogP contribution in [0.25, 0.3) is 10.8 Å². The zero-order valence-corrected chi connectivity index (χ0v) is 16.7. The predicted molar refractivity (Wildman–Crippen MR) is 114 cm³/mol. The molecule has 27 heavy (non-hydrogen) atoms. The van der Waals surface area contributed by atoms with Crippen molar-refractivity contribution >= 4 is 44.6 Å². The second-order valence-corrected chi connectivity index (χ2v) is 6.77. The SMILES string of the molecule is CCOc1ccc(/C=N/NC(=O)Nc2ccc(Br)c(C)c2)c2ccccc12.